The third-order valence-corrected chi connectivity index (χ3v) is 1.58. The smallest absolute Gasteiger partial charge is 0.119 e. The minimum atomic E-state index is 0.489. The summed E-state index contributed by atoms with van der Waals surface area (Å²) in [4.78, 5) is 0. The molecule has 0 unspecified atom stereocenters. The lowest BCUT2D eigenvalue weighted by atomic mass is 10.3. The Morgan fingerprint density at radius 3 is 2.38 bits per heavy atom. The average Bonchev–Trinajstić information content (AvgIpc) is 2.19. The van der Waals surface area contributed by atoms with Crippen LogP contribution in [0.1, 0.15) is 6.42 Å². The van der Waals surface area contributed by atoms with E-state index in [9.17, 15) is 0 Å². The van der Waals surface area contributed by atoms with Gasteiger partial charge in [0, 0.05) is 6.42 Å². The van der Waals surface area contributed by atoms with Crippen molar-refractivity contribution < 1.29 is 14.6 Å². The highest BCUT2D eigenvalue weighted by atomic mass is 16.5. The third-order valence-electron chi connectivity index (χ3n) is 1.58. The van der Waals surface area contributed by atoms with Gasteiger partial charge >= 0.3 is 0 Å². The van der Waals surface area contributed by atoms with Gasteiger partial charge in [0.15, 0.2) is 0 Å². The van der Waals surface area contributed by atoms with Crippen LogP contribution >= 0.6 is 0 Å². The average molecular weight is 181 g/mol. The second kappa shape index (κ2) is 5.43. The van der Waals surface area contributed by atoms with Crippen molar-refractivity contribution in [3.63, 3.8) is 0 Å². The van der Waals surface area contributed by atoms with Crippen molar-refractivity contribution in [1.29, 1.82) is 0 Å². The molecule has 0 aromatic heterocycles. The molecule has 0 atom stereocenters. The monoisotopic (exact) mass is 181 g/mol. The summed E-state index contributed by atoms with van der Waals surface area (Å²) in [5.74, 6) is 1.59. The molecule has 0 saturated carbocycles. The minimum Gasteiger partial charge on any atom is -0.497 e. The van der Waals surface area contributed by atoms with Crippen molar-refractivity contribution in [3.8, 4) is 11.5 Å². The van der Waals surface area contributed by atoms with Crippen LogP contribution in [0, 0.1) is 6.61 Å². The summed E-state index contributed by atoms with van der Waals surface area (Å²) in [6, 6.07) is 7.32. The van der Waals surface area contributed by atoms with E-state index in [2.05, 4.69) is 0 Å². The van der Waals surface area contributed by atoms with Gasteiger partial charge in [-0.2, -0.15) is 0 Å². The van der Waals surface area contributed by atoms with Crippen LogP contribution < -0.4 is 9.47 Å². The second-order valence-corrected chi connectivity index (χ2v) is 2.50. The Hall–Kier alpha value is -1.22. The molecule has 1 N–H and O–H groups in total. The molecule has 0 amide bonds. The Morgan fingerprint density at radius 1 is 1.23 bits per heavy atom. The molecular weight excluding hydrogens is 168 g/mol. The van der Waals surface area contributed by atoms with Gasteiger partial charge in [-0.05, 0) is 24.3 Å². The van der Waals surface area contributed by atoms with Crippen molar-refractivity contribution in [3.05, 3.63) is 30.9 Å². The predicted molar refractivity (Wildman–Crippen MR) is 49.3 cm³/mol. The fraction of sp³-hybridized carbons (Fsp3) is 0.300. The molecule has 0 aliphatic carbocycles. The zero-order valence-corrected chi connectivity index (χ0v) is 7.56. The molecule has 1 rings (SSSR count). The number of hydrogen-bond donors (Lipinski definition) is 1. The molecule has 0 aliphatic rings. The Kier molecular flexibility index (Phi) is 4.12. The fourth-order valence-corrected chi connectivity index (χ4v) is 0.901. The molecule has 0 saturated heterocycles. The summed E-state index contributed by atoms with van der Waals surface area (Å²) < 4.78 is 10.3. The van der Waals surface area contributed by atoms with Crippen molar-refractivity contribution in [2.24, 2.45) is 0 Å². The van der Waals surface area contributed by atoms with Crippen LogP contribution in [0.3, 0.4) is 0 Å². The first-order valence-corrected chi connectivity index (χ1v) is 4.09. The Morgan fingerprint density at radius 2 is 1.85 bits per heavy atom. The van der Waals surface area contributed by atoms with Crippen LogP contribution in [0.5, 0.6) is 11.5 Å². The Balaban J connectivity index is 2.40. The van der Waals surface area contributed by atoms with Crippen molar-refractivity contribution in [1.82, 2.24) is 0 Å². The van der Waals surface area contributed by atoms with E-state index in [0.29, 0.717) is 13.0 Å². The van der Waals surface area contributed by atoms with Crippen molar-refractivity contribution in [2.75, 3.05) is 13.7 Å². The standard InChI is InChI=1S/C10H13O3/c1-12-9-3-5-10(6-4-9)13-8-2-7-11/h3-7,11H,2,8H2,1H3. The fourth-order valence-electron chi connectivity index (χ4n) is 0.901. The van der Waals surface area contributed by atoms with E-state index in [1.165, 1.54) is 0 Å². The quantitative estimate of drug-likeness (QED) is 0.706. The SMILES string of the molecule is COc1ccc(OCC[CH]O)cc1. The number of rotatable bonds is 5. The van der Waals surface area contributed by atoms with Crippen LogP contribution in [0.4, 0.5) is 0 Å². The third kappa shape index (κ3) is 3.34. The molecule has 0 bridgehead atoms. The maximum absolute atomic E-state index is 8.40. The molecule has 0 fully saturated rings. The summed E-state index contributed by atoms with van der Waals surface area (Å²) in [7, 11) is 1.62. The van der Waals surface area contributed by atoms with Crippen molar-refractivity contribution >= 4 is 0 Å². The lowest BCUT2D eigenvalue weighted by Crippen LogP contribution is -1.96. The summed E-state index contributed by atoms with van der Waals surface area (Å²) in [6.07, 6.45) is 0.534. The summed E-state index contributed by atoms with van der Waals surface area (Å²) in [6.45, 7) is 1.58. The number of methoxy groups -OCH3 is 1. The first-order valence-electron chi connectivity index (χ1n) is 4.09. The number of benzene rings is 1. The zero-order valence-electron chi connectivity index (χ0n) is 7.56. The van der Waals surface area contributed by atoms with Crippen LogP contribution in [0.2, 0.25) is 0 Å². The molecule has 13 heavy (non-hydrogen) atoms. The van der Waals surface area contributed by atoms with E-state index in [0.717, 1.165) is 18.1 Å². The van der Waals surface area contributed by atoms with E-state index >= 15 is 0 Å². The minimum absolute atomic E-state index is 0.489. The normalized spacial score (nSPS) is 9.69. The summed E-state index contributed by atoms with van der Waals surface area (Å²) in [5.41, 5.74) is 0. The highest BCUT2D eigenvalue weighted by Gasteiger charge is 1.94. The molecule has 1 aromatic carbocycles. The lowest BCUT2D eigenvalue weighted by molar-refractivity contribution is 0.280. The topological polar surface area (TPSA) is 38.7 Å². The maximum Gasteiger partial charge on any atom is 0.119 e. The number of aliphatic hydroxyl groups is 1. The highest BCUT2D eigenvalue weighted by Crippen LogP contribution is 2.16. The lowest BCUT2D eigenvalue weighted by Gasteiger charge is -2.05. The van der Waals surface area contributed by atoms with Gasteiger partial charge in [0.2, 0.25) is 0 Å². The van der Waals surface area contributed by atoms with Gasteiger partial charge in [0.1, 0.15) is 11.5 Å². The van der Waals surface area contributed by atoms with Gasteiger partial charge < -0.3 is 14.6 Å². The number of ether oxygens (including phenoxy) is 2. The van der Waals surface area contributed by atoms with Gasteiger partial charge in [-0.3, -0.25) is 0 Å². The van der Waals surface area contributed by atoms with E-state index in [1.54, 1.807) is 7.11 Å². The first kappa shape index (κ1) is 9.86. The largest absolute Gasteiger partial charge is 0.497 e. The highest BCUT2D eigenvalue weighted by molar-refractivity contribution is 5.31. The van der Waals surface area contributed by atoms with Crippen molar-refractivity contribution in [2.45, 2.75) is 6.42 Å². The van der Waals surface area contributed by atoms with Gasteiger partial charge in [-0.15, -0.1) is 0 Å². The zero-order chi connectivity index (χ0) is 9.52. The maximum atomic E-state index is 8.40. The van der Waals surface area contributed by atoms with Crippen LogP contribution in [-0.4, -0.2) is 18.8 Å². The molecule has 71 valence electrons. The Labute approximate surface area is 77.9 Å². The van der Waals surface area contributed by atoms with Crippen LogP contribution in [0.25, 0.3) is 0 Å². The molecule has 3 heteroatoms. The van der Waals surface area contributed by atoms with Gasteiger partial charge in [0.25, 0.3) is 0 Å². The molecule has 3 nitrogen and oxygen atoms in total. The molecule has 1 aromatic rings. The number of hydrogen-bond acceptors (Lipinski definition) is 3. The van der Waals surface area contributed by atoms with Gasteiger partial charge in [0.05, 0.1) is 20.3 Å². The molecule has 0 aliphatic heterocycles. The van der Waals surface area contributed by atoms with Crippen LogP contribution in [0.15, 0.2) is 24.3 Å². The molecule has 1 radical (unpaired) electrons. The molecule has 0 heterocycles. The first-order chi connectivity index (χ1) is 6.36. The van der Waals surface area contributed by atoms with E-state index in [1.807, 2.05) is 24.3 Å². The predicted octanol–water partition coefficient (Wildman–Crippen LogP) is 2.00. The van der Waals surface area contributed by atoms with E-state index in [4.69, 9.17) is 14.6 Å². The summed E-state index contributed by atoms with van der Waals surface area (Å²) >= 11 is 0. The molecular formula is C10H13O3. The second-order valence-electron chi connectivity index (χ2n) is 2.50. The number of aliphatic hydroxyl groups excluding tert-OH is 1. The van der Waals surface area contributed by atoms with Gasteiger partial charge in [-0.25, -0.2) is 0 Å². The van der Waals surface area contributed by atoms with Crippen LogP contribution in [-0.2, 0) is 0 Å². The van der Waals surface area contributed by atoms with E-state index < -0.39 is 0 Å². The van der Waals surface area contributed by atoms with E-state index in [-0.39, 0.29) is 0 Å². The summed E-state index contributed by atoms with van der Waals surface area (Å²) in [5, 5.41) is 8.40. The van der Waals surface area contributed by atoms with Gasteiger partial charge in [-0.1, -0.05) is 0 Å². The molecule has 0 spiro atoms. The Bertz CT molecular complexity index is 230.